The molecule has 2 amide bonds. The van der Waals surface area contributed by atoms with Gasteiger partial charge in [-0.25, -0.2) is 19.7 Å². The molecule has 3 aliphatic rings. The van der Waals surface area contributed by atoms with Crippen molar-refractivity contribution >= 4 is 29.0 Å². The molecule has 2 aromatic rings. The summed E-state index contributed by atoms with van der Waals surface area (Å²) in [5.41, 5.74) is 6.67. The van der Waals surface area contributed by atoms with E-state index in [9.17, 15) is 19.8 Å². The zero-order chi connectivity index (χ0) is 26.1. The number of ether oxygens (including phenoxy) is 2. The van der Waals surface area contributed by atoms with Crippen LogP contribution < -0.4 is 11.1 Å². The number of anilines is 1. The second kappa shape index (κ2) is 10.5. The van der Waals surface area contributed by atoms with Crippen LogP contribution in [0.3, 0.4) is 0 Å². The molecule has 13 nitrogen and oxygen atoms in total. The minimum Gasteiger partial charge on any atom is -0.450 e. The van der Waals surface area contributed by atoms with Gasteiger partial charge in [0, 0.05) is 25.6 Å². The van der Waals surface area contributed by atoms with E-state index in [0.717, 1.165) is 25.7 Å². The van der Waals surface area contributed by atoms with E-state index in [1.807, 2.05) is 0 Å². The number of rotatable bonds is 5. The second-order valence-corrected chi connectivity index (χ2v) is 9.60. The number of nitrogens with zero attached hydrogens (tertiary/aromatic N) is 5. The van der Waals surface area contributed by atoms with Crippen molar-refractivity contribution in [2.75, 3.05) is 25.4 Å². The van der Waals surface area contributed by atoms with Crippen molar-refractivity contribution in [3.8, 4) is 11.8 Å². The molecule has 0 radical (unpaired) electrons. The number of aliphatic hydroxyl groups is 2. The summed E-state index contributed by atoms with van der Waals surface area (Å²) in [6.07, 6.45) is 0.0689. The van der Waals surface area contributed by atoms with Crippen LogP contribution in [0.5, 0.6) is 0 Å². The summed E-state index contributed by atoms with van der Waals surface area (Å²) >= 11 is 0. The number of hydrogen-bond acceptors (Lipinski definition) is 10. The van der Waals surface area contributed by atoms with E-state index in [1.54, 1.807) is 11.8 Å². The Morgan fingerprint density at radius 1 is 1.22 bits per heavy atom. The summed E-state index contributed by atoms with van der Waals surface area (Å²) in [6.45, 7) is 3.42. The molecule has 2 saturated heterocycles. The predicted octanol–water partition coefficient (Wildman–Crippen LogP) is -0.0836. The van der Waals surface area contributed by atoms with Gasteiger partial charge >= 0.3 is 6.09 Å². The van der Waals surface area contributed by atoms with Crippen molar-refractivity contribution in [1.29, 1.82) is 0 Å². The molecule has 0 aromatic carbocycles. The highest BCUT2D eigenvalue weighted by Gasteiger charge is 2.48. The fraction of sp³-hybridized carbons (Fsp3) is 0.625. The molecular weight excluding hydrogens is 482 g/mol. The second-order valence-electron chi connectivity index (χ2n) is 9.60. The molecule has 4 atom stereocenters. The highest BCUT2D eigenvalue weighted by Crippen LogP contribution is 2.33. The topological polar surface area (TPSA) is 178 Å². The van der Waals surface area contributed by atoms with Crippen LogP contribution in [-0.2, 0) is 14.3 Å². The van der Waals surface area contributed by atoms with E-state index < -0.39 is 30.4 Å². The van der Waals surface area contributed by atoms with Gasteiger partial charge in [0.2, 0.25) is 5.82 Å². The number of carbonyl (C=O) groups excluding carboxylic acids is 2. The van der Waals surface area contributed by atoms with Crippen LogP contribution in [0.1, 0.15) is 51.1 Å². The lowest BCUT2D eigenvalue weighted by Crippen LogP contribution is -2.43. The van der Waals surface area contributed by atoms with Gasteiger partial charge in [0.1, 0.15) is 17.7 Å². The third kappa shape index (κ3) is 5.31. The van der Waals surface area contributed by atoms with Gasteiger partial charge in [-0.1, -0.05) is 5.92 Å². The summed E-state index contributed by atoms with van der Waals surface area (Å²) in [6, 6.07) is 0.0901. The van der Waals surface area contributed by atoms with E-state index in [1.165, 1.54) is 10.9 Å². The van der Waals surface area contributed by atoms with Crippen LogP contribution >= 0.6 is 0 Å². The molecule has 5 N–H and O–H groups in total. The Morgan fingerprint density at radius 3 is 2.68 bits per heavy atom. The first-order valence-corrected chi connectivity index (χ1v) is 12.6. The van der Waals surface area contributed by atoms with Crippen LogP contribution in [0.2, 0.25) is 0 Å². The van der Waals surface area contributed by atoms with Gasteiger partial charge in [-0.3, -0.25) is 9.36 Å². The molecule has 198 valence electrons. The molecule has 4 heterocycles. The normalized spacial score (nSPS) is 26.1. The number of hydrogen-bond donors (Lipinski definition) is 4. The average molecular weight is 514 g/mol. The maximum absolute atomic E-state index is 12.4. The highest BCUT2D eigenvalue weighted by molar-refractivity contribution is 5.83. The van der Waals surface area contributed by atoms with E-state index in [0.29, 0.717) is 37.6 Å². The Bertz CT molecular complexity index is 1230. The zero-order valence-corrected chi connectivity index (χ0v) is 20.5. The largest absolute Gasteiger partial charge is 0.450 e. The van der Waals surface area contributed by atoms with Crippen LogP contribution in [0.15, 0.2) is 6.33 Å². The summed E-state index contributed by atoms with van der Waals surface area (Å²) < 4.78 is 12.2. The van der Waals surface area contributed by atoms with Crippen molar-refractivity contribution in [3.05, 3.63) is 12.2 Å². The number of piperidine rings is 1. The standard InChI is InChI=1S/C24H31N7O6/c1-2-36-24(35)30-10-8-13(9-11-30)4-3-5-15-28-20(25)16-21(29-15)31(12-26-16)23-18(33)17(32)19(37-23)22(34)27-14-6-7-14/h12-14,17-19,23,32-33H,2,4,6-11H2,1H3,(H,27,34)(H2,25,28,29)/t17-,18?,19+,23-/m1/s1. The molecule has 5 rings (SSSR count). The van der Waals surface area contributed by atoms with E-state index in [-0.39, 0.29) is 29.4 Å². The predicted molar refractivity (Wildman–Crippen MR) is 130 cm³/mol. The number of nitrogens with two attached hydrogens (primary N) is 1. The third-order valence-corrected chi connectivity index (χ3v) is 6.87. The average Bonchev–Trinajstić information content (AvgIpc) is 3.52. The van der Waals surface area contributed by atoms with E-state index in [4.69, 9.17) is 15.2 Å². The molecule has 0 bridgehead atoms. The van der Waals surface area contributed by atoms with Crippen LogP contribution in [-0.4, -0.2) is 90.7 Å². The van der Waals surface area contributed by atoms with Gasteiger partial charge in [-0.2, -0.15) is 0 Å². The van der Waals surface area contributed by atoms with Gasteiger partial charge in [-0.05, 0) is 44.4 Å². The van der Waals surface area contributed by atoms with Crippen molar-refractivity contribution in [1.82, 2.24) is 29.7 Å². The molecule has 37 heavy (non-hydrogen) atoms. The first-order valence-electron chi connectivity index (χ1n) is 12.6. The molecule has 1 aliphatic carbocycles. The number of aliphatic hydroxyl groups excluding tert-OH is 2. The minimum atomic E-state index is -1.41. The Labute approximate surface area is 213 Å². The number of nitrogens with one attached hydrogen (secondary N) is 1. The first-order chi connectivity index (χ1) is 17.9. The van der Waals surface area contributed by atoms with Crippen LogP contribution in [0.25, 0.3) is 11.2 Å². The lowest BCUT2D eigenvalue weighted by molar-refractivity contribution is -0.137. The number of imidazole rings is 1. The SMILES string of the molecule is CCOC(=O)N1CCC(CC#Cc2nc(N)c3ncn([C@@H]4O[C@H](C(=O)NC5CC5)[C@H](O)C4O)c3n2)CC1. The van der Waals surface area contributed by atoms with Crippen LogP contribution in [0.4, 0.5) is 10.6 Å². The number of nitrogen functional groups attached to an aromatic ring is 1. The van der Waals surface area contributed by atoms with Gasteiger partial charge < -0.3 is 35.6 Å². The van der Waals surface area contributed by atoms with Crippen molar-refractivity contribution in [2.24, 2.45) is 5.92 Å². The molecular formula is C24H31N7O6. The van der Waals surface area contributed by atoms with Crippen LogP contribution in [0, 0.1) is 17.8 Å². The molecule has 13 heteroatoms. The lowest BCUT2D eigenvalue weighted by Gasteiger charge is -2.30. The fourth-order valence-electron chi connectivity index (χ4n) is 4.61. The highest BCUT2D eigenvalue weighted by atomic mass is 16.6. The van der Waals surface area contributed by atoms with E-state index >= 15 is 0 Å². The van der Waals surface area contributed by atoms with E-state index in [2.05, 4.69) is 32.1 Å². The van der Waals surface area contributed by atoms with Crippen molar-refractivity contribution in [2.45, 2.75) is 69.6 Å². The number of aromatic nitrogens is 4. The third-order valence-electron chi connectivity index (χ3n) is 6.87. The molecule has 2 aliphatic heterocycles. The monoisotopic (exact) mass is 513 g/mol. The molecule has 1 saturated carbocycles. The summed E-state index contributed by atoms with van der Waals surface area (Å²) in [7, 11) is 0. The summed E-state index contributed by atoms with van der Waals surface area (Å²) in [4.78, 5) is 38.9. The van der Waals surface area contributed by atoms with Gasteiger partial charge in [0.25, 0.3) is 5.91 Å². The summed E-state index contributed by atoms with van der Waals surface area (Å²) in [5, 5.41) is 23.9. The van der Waals surface area contributed by atoms with Gasteiger partial charge in [-0.15, -0.1) is 0 Å². The minimum absolute atomic E-state index is 0.0901. The zero-order valence-electron chi connectivity index (χ0n) is 20.5. The van der Waals surface area contributed by atoms with Gasteiger partial charge in [0.05, 0.1) is 12.9 Å². The smallest absolute Gasteiger partial charge is 0.409 e. The number of amides is 2. The Morgan fingerprint density at radius 2 is 1.97 bits per heavy atom. The number of carbonyl (C=O) groups is 2. The Balaban J connectivity index is 1.27. The van der Waals surface area contributed by atoms with Crippen molar-refractivity contribution < 1.29 is 29.3 Å². The molecule has 1 unspecified atom stereocenters. The number of fused-ring (bicyclic) bond motifs is 1. The van der Waals surface area contributed by atoms with Crippen molar-refractivity contribution in [3.63, 3.8) is 0 Å². The molecule has 0 spiro atoms. The molecule has 3 fully saturated rings. The Kier molecular flexibility index (Phi) is 7.14. The quantitative estimate of drug-likeness (QED) is 0.395. The van der Waals surface area contributed by atoms with Gasteiger partial charge in [0.15, 0.2) is 23.8 Å². The lowest BCUT2D eigenvalue weighted by atomic mass is 9.94. The summed E-state index contributed by atoms with van der Waals surface area (Å²) in [5.74, 6) is 6.24. The maximum atomic E-state index is 12.4. The Hall–Kier alpha value is -3.47. The fourth-order valence-corrected chi connectivity index (χ4v) is 4.61. The number of likely N-dealkylation sites (tertiary alicyclic amines) is 1. The molecule has 2 aromatic heterocycles. The first kappa shape index (κ1) is 25.2. The maximum Gasteiger partial charge on any atom is 0.409 e.